The minimum absolute atomic E-state index is 0.0920. The number of carboxylic acid groups (broad SMARTS) is 1. The third-order valence-corrected chi connectivity index (χ3v) is 3.80. The zero-order chi connectivity index (χ0) is 17.5. The van der Waals surface area contributed by atoms with Crippen molar-refractivity contribution in [1.29, 1.82) is 0 Å². The summed E-state index contributed by atoms with van der Waals surface area (Å²) in [5, 5.41) is 12.0. The molecule has 0 aromatic heterocycles. The standard InChI is InChI=1S/C18H34N2O3/c1-4-5-6-7-8-9-10-14-17(21)19-15-12-11-13-16(18(22)23)20(2)3/h7-8,16H,4-6,9-15H2,1-3H3,(H,19,21)(H,22,23)/b8-7+/t16-/m0/s1. The molecule has 23 heavy (non-hydrogen) atoms. The van der Waals surface area contributed by atoms with Crippen LogP contribution < -0.4 is 5.32 Å². The lowest BCUT2D eigenvalue weighted by Gasteiger charge is -2.19. The number of aliphatic carboxylic acids is 1. The summed E-state index contributed by atoms with van der Waals surface area (Å²) in [7, 11) is 3.55. The molecule has 0 aliphatic rings. The van der Waals surface area contributed by atoms with Crippen molar-refractivity contribution in [1.82, 2.24) is 10.2 Å². The Labute approximate surface area is 141 Å². The number of hydrogen-bond donors (Lipinski definition) is 2. The van der Waals surface area contributed by atoms with Crippen LogP contribution in [0.1, 0.15) is 64.7 Å². The van der Waals surface area contributed by atoms with Crippen molar-refractivity contribution in [3.8, 4) is 0 Å². The minimum Gasteiger partial charge on any atom is -0.480 e. The molecule has 0 heterocycles. The van der Waals surface area contributed by atoms with E-state index in [0.29, 0.717) is 19.4 Å². The van der Waals surface area contributed by atoms with Gasteiger partial charge in [-0.2, -0.15) is 0 Å². The second-order valence-electron chi connectivity index (χ2n) is 6.17. The average molecular weight is 326 g/mol. The van der Waals surface area contributed by atoms with E-state index in [2.05, 4.69) is 24.4 Å². The predicted molar refractivity (Wildman–Crippen MR) is 94.5 cm³/mol. The van der Waals surface area contributed by atoms with Gasteiger partial charge >= 0.3 is 5.97 Å². The maximum atomic E-state index is 11.7. The number of nitrogens with one attached hydrogen (secondary N) is 1. The van der Waals surface area contributed by atoms with Gasteiger partial charge in [0.15, 0.2) is 0 Å². The number of rotatable bonds is 14. The highest BCUT2D eigenvalue weighted by atomic mass is 16.4. The Kier molecular flexibility index (Phi) is 13.4. The molecule has 0 aliphatic heterocycles. The fraction of sp³-hybridized carbons (Fsp3) is 0.778. The number of amides is 1. The molecule has 0 radical (unpaired) electrons. The first-order chi connectivity index (χ1) is 11.0. The molecule has 0 rings (SSSR count). The summed E-state index contributed by atoms with van der Waals surface area (Å²) in [6, 6.07) is -0.440. The Morgan fingerprint density at radius 3 is 2.30 bits per heavy atom. The summed E-state index contributed by atoms with van der Waals surface area (Å²) in [5.74, 6) is -0.694. The van der Waals surface area contributed by atoms with E-state index in [9.17, 15) is 9.59 Å². The van der Waals surface area contributed by atoms with Gasteiger partial charge in [0.05, 0.1) is 0 Å². The lowest BCUT2D eigenvalue weighted by atomic mass is 10.1. The van der Waals surface area contributed by atoms with Crippen LogP contribution in [0.3, 0.4) is 0 Å². The summed E-state index contributed by atoms with van der Waals surface area (Å²) in [4.78, 5) is 24.4. The molecule has 0 aromatic carbocycles. The number of carbonyl (C=O) groups is 2. The number of carboxylic acids is 1. The molecule has 134 valence electrons. The minimum atomic E-state index is -0.786. The third-order valence-electron chi connectivity index (χ3n) is 3.80. The lowest BCUT2D eigenvalue weighted by molar-refractivity contribution is -0.142. The van der Waals surface area contributed by atoms with Crippen molar-refractivity contribution in [2.45, 2.75) is 70.8 Å². The Balaban J connectivity index is 3.56. The van der Waals surface area contributed by atoms with Crippen LogP contribution in [-0.4, -0.2) is 48.6 Å². The molecule has 0 saturated heterocycles. The molecule has 1 amide bonds. The fourth-order valence-corrected chi connectivity index (χ4v) is 2.32. The van der Waals surface area contributed by atoms with Crippen molar-refractivity contribution in [2.24, 2.45) is 0 Å². The maximum absolute atomic E-state index is 11.7. The SMILES string of the molecule is CCCC/C=C/CCCC(=O)NCCCC[C@@H](C(=O)O)N(C)C. The van der Waals surface area contributed by atoms with Gasteiger partial charge in [0.25, 0.3) is 0 Å². The van der Waals surface area contributed by atoms with Crippen LogP contribution >= 0.6 is 0 Å². The molecule has 0 saturated carbocycles. The van der Waals surface area contributed by atoms with Gasteiger partial charge in [-0.3, -0.25) is 14.5 Å². The van der Waals surface area contributed by atoms with Gasteiger partial charge in [-0.15, -0.1) is 0 Å². The van der Waals surface area contributed by atoms with Crippen LogP contribution in [0.4, 0.5) is 0 Å². The number of allylic oxidation sites excluding steroid dienone is 2. The Hall–Kier alpha value is -1.36. The summed E-state index contributed by atoms with van der Waals surface area (Å²) in [6.07, 6.45) is 12.6. The van der Waals surface area contributed by atoms with E-state index in [0.717, 1.165) is 32.1 Å². The average Bonchev–Trinajstić information content (AvgIpc) is 2.49. The van der Waals surface area contributed by atoms with Gasteiger partial charge in [0.2, 0.25) is 5.91 Å². The topological polar surface area (TPSA) is 69.6 Å². The van der Waals surface area contributed by atoms with E-state index in [4.69, 9.17) is 5.11 Å². The Morgan fingerprint density at radius 1 is 1.09 bits per heavy atom. The Bertz CT molecular complexity index is 354. The summed E-state index contributed by atoms with van der Waals surface area (Å²) in [6.45, 7) is 2.81. The second-order valence-corrected chi connectivity index (χ2v) is 6.17. The van der Waals surface area contributed by atoms with Crippen LogP contribution in [0.25, 0.3) is 0 Å². The van der Waals surface area contributed by atoms with E-state index < -0.39 is 12.0 Å². The van der Waals surface area contributed by atoms with E-state index >= 15 is 0 Å². The molecular weight excluding hydrogens is 292 g/mol. The molecule has 0 spiro atoms. The van der Waals surface area contributed by atoms with Crippen molar-refractivity contribution in [3.63, 3.8) is 0 Å². The first-order valence-electron chi connectivity index (χ1n) is 8.80. The third kappa shape index (κ3) is 12.8. The maximum Gasteiger partial charge on any atom is 0.320 e. The van der Waals surface area contributed by atoms with Gasteiger partial charge in [-0.25, -0.2) is 0 Å². The lowest BCUT2D eigenvalue weighted by Crippen LogP contribution is -2.35. The molecule has 0 aliphatic carbocycles. The molecule has 0 bridgehead atoms. The summed E-state index contributed by atoms with van der Waals surface area (Å²) in [5.41, 5.74) is 0. The van der Waals surface area contributed by atoms with Gasteiger partial charge < -0.3 is 10.4 Å². The van der Waals surface area contributed by atoms with Crippen molar-refractivity contribution in [3.05, 3.63) is 12.2 Å². The highest BCUT2D eigenvalue weighted by Crippen LogP contribution is 2.06. The number of unbranched alkanes of at least 4 members (excludes halogenated alkanes) is 4. The van der Waals surface area contributed by atoms with Crippen molar-refractivity contribution >= 4 is 11.9 Å². The molecule has 1 atom stereocenters. The fourth-order valence-electron chi connectivity index (χ4n) is 2.32. The number of likely N-dealkylation sites (N-methyl/N-ethyl adjacent to an activating group) is 1. The van der Waals surface area contributed by atoms with Gasteiger partial charge in [-0.1, -0.05) is 31.9 Å². The molecule has 5 nitrogen and oxygen atoms in total. The summed E-state index contributed by atoms with van der Waals surface area (Å²) < 4.78 is 0. The van der Waals surface area contributed by atoms with Crippen LogP contribution in [0, 0.1) is 0 Å². The molecule has 5 heteroatoms. The normalized spacial score (nSPS) is 12.7. The number of hydrogen-bond acceptors (Lipinski definition) is 3. The monoisotopic (exact) mass is 326 g/mol. The van der Waals surface area contributed by atoms with E-state index in [-0.39, 0.29) is 5.91 Å². The van der Waals surface area contributed by atoms with Crippen molar-refractivity contribution < 1.29 is 14.7 Å². The molecular formula is C18H34N2O3. The van der Waals surface area contributed by atoms with Crippen LogP contribution in [-0.2, 0) is 9.59 Å². The zero-order valence-corrected chi connectivity index (χ0v) is 15.0. The van der Waals surface area contributed by atoms with Crippen molar-refractivity contribution in [2.75, 3.05) is 20.6 Å². The first kappa shape index (κ1) is 21.6. The van der Waals surface area contributed by atoms with Crippen LogP contribution in [0.2, 0.25) is 0 Å². The highest BCUT2D eigenvalue weighted by Gasteiger charge is 2.18. The van der Waals surface area contributed by atoms with Gasteiger partial charge in [-0.05, 0) is 52.6 Å². The zero-order valence-electron chi connectivity index (χ0n) is 15.0. The largest absolute Gasteiger partial charge is 0.480 e. The van der Waals surface area contributed by atoms with Crippen LogP contribution in [0.5, 0.6) is 0 Å². The molecule has 0 aromatic rings. The predicted octanol–water partition coefficient (Wildman–Crippen LogP) is 3.20. The number of carbonyl (C=O) groups excluding carboxylic acids is 1. The van der Waals surface area contributed by atoms with Gasteiger partial charge in [0.1, 0.15) is 6.04 Å². The van der Waals surface area contributed by atoms with E-state index in [1.807, 2.05) is 0 Å². The Morgan fingerprint density at radius 2 is 1.74 bits per heavy atom. The molecule has 0 unspecified atom stereocenters. The molecule has 0 fully saturated rings. The second kappa shape index (κ2) is 14.2. The quantitative estimate of drug-likeness (QED) is 0.380. The highest BCUT2D eigenvalue weighted by molar-refractivity contribution is 5.75. The van der Waals surface area contributed by atoms with E-state index in [1.165, 1.54) is 12.8 Å². The molecule has 2 N–H and O–H groups in total. The van der Waals surface area contributed by atoms with Crippen LogP contribution in [0.15, 0.2) is 12.2 Å². The van der Waals surface area contributed by atoms with E-state index in [1.54, 1.807) is 19.0 Å². The van der Waals surface area contributed by atoms with Gasteiger partial charge in [0, 0.05) is 13.0 Å². The first-order valence-corrected chi connectivity index (χ1v) is 8.80. The smallest absolute Gasteiger partial charge is 0.320 e. The summed E-state index contributed by atoms with van der Waals surface area (Å²) >= 11 is 0. The number of nitrogens with zero attached hydrogens (tertiary/aromatic N) is 1.